The normalized spacial score (nSPS) is 13.1. The second kappa shape index (κ2) is 3.94. The summed E-state index contributed by atoms with van der Waals surface area (Å²) >= 11 is 8.50. The van der Waals surface area contributed by atoms with Crippen molar-refractivity contribution in [2.75, 3.05) is 0 Å². The Balaban J connectivity index is 2.28. The standard InChI is InChI=1S/C8H7ClN2OS2/c1-4-11-5(3-13-4)7(12)8-10-2-6(9)14-8/h2-3,7,12H,1H3. The van der Waals surface area contributed by atoms with Gasteiger partial charge in [0.2, 0.25) is 0 Å². The van der Waals surface area contributed by atoms with Crippen molar-refractivity contribution in [1.29, 1.82) is 0 Å². The number of thiazole rings is 2. The van der Waals surface area contributed by atoms with Gasteiger partial charge in [-0.2, -0.15) is 0 Å². The van der Waals surface area contributed by atoms with Crippen LogP contribution in [0.3, 0.4) is 0 Å². The van der Waals surface area contributed by atoms with Crippen molar-refractivity contribution < 1.29 is 5.11 Å². The zero-order chi connectivity index (χ0) is 10.1. The number of aliphatic hydroxyl groups is 1. The monoisotopic (exact) mass is 246 g/mol. The lowest BCUT2D eigenvalue weighted by molar-refractivity contribution is 0.215. The molecule has 14 heavy (non-hydrogen) atoms. The molecule has 0 aromatic carbocycles. The van der Waals surface area contributed by atoms with Crippen molar-refractivity contribution >= 4 is 34.3 Å². The SMILES string of the molecule is Cc1nc(C(O)c2ncc(Cl)s2)cs1. The maximum absolute atomic E-state index is 9.85. The number of halogens is 1. The lowest BCUT2D eigenvalue weighted by Crippen LogP contribution is -1.98. The molecule has 2 heterocycles. The molecule has 74 valence electrons. The molecule has 1 N–H and O–H groups in total. The van der Waals surface area contributed by atoms with Gasteiger partial charge in [0.1, 0.15) is 15.4 Å². The summed E-state index contributed by atoms with van der Waals surface area (Å²) in [6, 6.07) is 0. The minimum atomic E-state index is -0.752. The first-order chi connectivity index (χ1) is 6.66. The molecule has 0 saturated heterocycles. The Morgan fingerprint density at radius 1 is 1.57 bits per heavy atom. The van der Waals surface area contributed by atoms with E-state index in [-0.39, 0.29) is 0 Å². The van der Waals surface area contributed by atoms with Crippen molar-refractivity contribution in [3.8, 4) is 0 Å². The van der Waals surface area contributed by atoms with Gasteiger partial charge in [-0.05, 0) is 6.92 Å². The van der Waals surface area contributed by atoms with Gasteiger partial charge in [0.15, 0.2) is 0 Å². The Bertz CT molecular complexity index is 400. The maximum atomic E-state index is 9.85. The van der Waals surface area contributed by atoms with Crippen LogP contribution in [0.5, 0.6) is 0 Å². The van der Waals surface area contributed by atoms with Crippen LogP contribution in [-0.2, 0) is 0 Å². The van der Waals surface area contributed by atoms with Gasteiger partial charge in [-0.1, -0.05) is 11.6 Å². The number of aromatic nitrogens is 2. The summed E-state index contributed by atoms with van der Waals surface area (Å²) in [5.74, 6) is 0. The van der Waals surface area contributed by atoms with E-state index in [2.05, 4.69) is 9.97 Å². The number of aliphatic hydroxyl groups excluding tert-OH is 1. The van der Waals surface area contributed by atoms with Gasteiger partial charge in [0, 0.05) is 5.38 Å². The van der Waals surface area contributed by atoms with Gasteiger partial charge in [-0.15, -0.1) is 22.7 Å². The first kappa shape index (κ1) is 10.0. The van der Waals surface area contributed by atoms with Gasteiger partial charge < -0.3 is 5.11 Å². The zero-order valence-corrected chi connectivity index (χ0v) is 9.66. The highest BCUT2D eigenvalue weighted by atomic mass is 35.5. The molecule has 2 aromatic heterocycles. The Morgan fingerprint density at radius 3 is 2.86 bits per heavy atom. The molecule has 6 heteroatoms. The van der Waals surface area contributed by atoms with E-state index in [0.29, 0.717) is 15.0 Å². The summed E-state index contributed by atoms with van der Waals surface area (Å²) in [6.07, 6.45) is 0.779. The molecule has 0 aliphatic carbocycles. The van der Waals surface area contributed by atoms with Crippen LogP contribution in [-0.4, -0.2) is 15.1 Å². The first-order valence-electron chi connectivity index (χ1n) is 3.88. The molecular weight excluding hydrogens is 240 g/mol. The number of rotatable bonds is 2. The molecule has 3 nitrogen and oxygen atoms in total. The Hall–Kier alpha value is -0.490. The summed E-state index contributed by atoms with van der Waals surface area (Å²) < 4.78 is 0.575. The van der Waals surface area contributed by atoms with Crippen LogP contribution in [0.2, 0.25) is 4.34 Å². The number of aryl methyl sites for hydroxylation is 1. The van der Waals surface area contributed by atoms with Crippen molar-refractivity contribution in [1.82, 2.24) is 9.97 Å². The van der Waals surface area contributed by atoms with Crippen molar-refractivity contribution in [2.45, 2.75) is 13.0 Å². The third-order valence-corrected chi connectivity index (χ3v) is 3.61. The topological polar surface area (TPSA) is 46.0 Å². The van der Waals surface area contributed by atoms with E-state index in [0.717, 1.165) is 5.01 Å². The van der Waals surface area contributed by atoms with E-state index < -0.39 is 6.10 Å². The van der Waals surface area contributed by atoms with Crippen LogP contribution >= 0.6 is 34.3 Å². The minimum Gasteiger partial charge on any atom is -0.379 e. The van der Waals surface area contributed by atoms with E-state index in [4.69, 9.17) is 11.6 Å². The average Bonchev–Trinajstić information content (AvgIpc) is 2.73. The highest BCUT2D eigenvalue weighted by Gasteiger charge is 2.16. The molecule has 0 aliphatic heterocycles. The highest BCUT2D eigenvalue weighted by Crippen LogP contribution is 2.28. The van der Waals surface area contributed by atoms with E-state index >= 15 is 0 Å². The Labute approximate surface area is 94.0 Å². The maximum Gasteiger partial charge on any atom is 0.148 e. The fraction of sp³-hybridized carbons (Fsp3) is 0.250. The fourth-order valence-electron chi connectivity index (χ4n) is 1.03. The van der Waals surface area contributed by atoms with Crippen LogP contribution in [0.25, 0.3) is 0 Å². The van der Waals surface area contributed by atoms with Crippen molar-refractivity contribution in [3.05, 3.63) is 31.6 Å². The van der Waals surface area contributed by atoms with Crippen LogP contribution in [0.1, 0.15) is 21.8 Å². The summed E-state index contributed by atoms with van der Waals surface area (Å²) in [7, 11) is 0. The third kappa shape index (κ3) is 1.95. The second-order valence-corrected chi connectivity index (χ2v) is 5.45. The predicted octanol–water partition coefficient (Wildman–Crippen LogP) is 2.64. The van der Waals surface area contributed by atoms with E-state index in [1.807, 2.05) is 12.3 Å². The molecule has 2 aromatic rings. The van der Waals surface area contributed by atoms with Crippen LogP contribution in [0, 0.1) is 6.92 Å². The summed E-state index contributed by atoms with van der Waals surface area (Å²) in [5, 5.41) is 13.2. The van der Waals surface area contributed by atoms with Crippen LogP contribution in [0.15, 0.2) is 11.6 Å². The van der Waals surface area contributed by atoms with Gasteiger partial charge >= 0.3 is 0 Å². The smallest absolute Gasteiger partial charge is 0.148 e. The van der Waals surface area contributed by atoms with Gasteiger partial charge in [0.05, 0.1) is 16.9 Å². The molecule has 1 unspecified atom stereocenters. The third-order valence-electron chi connectivity index (χ3n) is 1.65. The number of hydrogen-bond acceptors (Lipinski definition) is 5. The molecule has 0 spiro atoms. The molecule has 0 aliphatic rings. The molecular formula is C8H7ClN2OS2. The highest BCUT2D eigenvalue weighted by molar-refractivity contribution is 7.15. The van der Waals surface area contributed by atoms with E-state index in [1.54, 1.807) is 0 Å². The molecule has 2 rings (SSSR count). The van der Waals surface area contributed by atoms with Gasteiger partial charge in [-0.25, -0.2) is 9.97 Å². The molecule has 1 atom stereocenters. The summed E-state index contributed by atoms with van der Waals surface area (Å²) in [6.45, 7) is 1.90. The van der Waals surface area contributed by atoms with Crippen LogP contribution < -0.4 is 0 Å². The van der Waals surface area contributed by atoms with Gasteiger partial charge in [-0.3, -0.25) is 0 Å². The quantitative estimate of drug-likeness (QED) is 0.886. The second-order valence-electron chi connectivity index (χ2n) is 2.70. The molecule has 0 amide bonds. The molecule has 0 radical (unpaired) electrons. The lowest BCUT2D eigenvalue weighted by Gasteiger charge is -2.01. The summed E-state index contributed by atoms with van der Waals surface area (Å²) in [4.78, 5) is 8.19. The number of nitrogens with zero attached hydrogens (tertiary/aromatic N) is 2. The van der Waals surface area contributed by atoms with E-state index in [9.17, 15) is 5.11 Å². The Morgan fingerprint density at radius 2 is 2.36 bits per heavy atom. The predicted molar refractivity (Wildman–Crippen MR) is 58.0 cm³/mol. The van der Waals surface area contributed by atoms with E-state index in [1.165, 1.54) is 28.9 Å². The van der Waals surface area contributed by atoms with Crippen LogP contribution in [0.4, 0.5) is 0 Å². The van der Waals surface area contributed by atoms with Gasteiger partial charge in [0.25, 0.3) is 0 Å². The Kier molecular flexibility index (Phi) is 2.83. The number of hydrogen-bond donors (Lipinski definition) is 1. The minimum absolute atomic E-state index is 0.575. The average molecular weight is 247 g/mol. The van der Waals surface area contributed by atoms with Crippen molar-refractivity contribution in [3.63, 3.8) is 0 Å². The molecule has 0 bridgehead atoms. The first-order valence-corrected chi connectivity index (χ1v) is 5.95. The molecule has 0 fully saturated rings. The largest absolute Gasteiger partial charge is 0.379 e. The molecule has 0 saturated carbocycles. The summed E-state index contributed by atoms with van der Waals surface area (Å²) in [5.41, 5.74) is 0.638. The van der Waals surface area contributed by atoms with Crippen molar-refractivity contribution in [2.24, 2.45) is 0 Å². The fourth-order valence-corrected chi connectivity index (χ4v) is 2.59. The lowest BCUT2D eigenvalue weighted by atomic mass is 10.3. The zero-order valence-electron chi connectivity index (χ0n) is 7.27.